The zero-order valence-electron chi connectivity index (χ0n) is 12.7. The molecular weight excluding hydrogens is 297 g/mol. The molecule has 0 aliphatic heterocycles. The van der Waals surface area contributed by atoms with Crippen LogP contribution < -0.4 is 4.74 Å². The molecule has 0 atom stereocenters. The van der Waals surface area contributed by atoms with Gasteiger partial charge in [0.25, 0.3) is 0 Å². The Morgan fingerprint density at radius 2 is 1.44 bits per heavy atom. The van der Waals surface area contributed by atoms with Crippen LogP contribution in [0.3, 0.4) is 0 Å². The molecule has 1 radical (unpaired) electrons. The third-order valence-electron chi connectivity index (χ3n) is 1.99. The fraction of sp³-hybridized carbons (Fsp3) is 0.500. The van der Waals surface area contributed by atoms with Crippen molar-refractivity contribution in [2.75, 3.05) is 6.61 Å². The van der Waals surface area contributed by atoms with Crippen LogP contribution in [0.5, 0.6) is 5.75 Å². The Balaban J connectivity index is 0. The van der Waals surface area contributed by atoms with Crippen molar-refractivity contribution in [3.8, 4) is 5.75 Å². The number of benzene rings is 1. The maximum Gasteiger partial charge on any atom is 0.115 e. The smallest absolute Gasteiger partial charge is 0.115 e. The van der Waals surface area contributed by atoms with Gasteiger partial charge in [-0.05, 0) is 29.7 Å². The molecule has 1 rings (SSSR count). The van der Waals surface area contributed by atoms with E-state index in [0.29, 0.717) is 6.61 Å². The van der Waals surface area contributed by atoms with Crippen LogP contribution in [0.15, 0.2) is 24.3 Å². The van der Waals surface area contributed by atoms with E-state index in [1.807, 2.05) is 12.1 Å². The molecule has 0 aromatic heterocycles. The van der Waals surface area contributed by atoms with E-state index in [1.165, 1.54) is 11.5 Å². The molecule has 0 heterocycles. The van der Waals surface area contributed by atoms with Crippen LogP contribution in [0.1, 0.15) is 47.1 Å². The van der Waals surface area contributed by atoms with Crippen LogP contribution in [-0.4, -0.2) is 6.61 Å². The van der Waals surface area contributed by atoms with Gasteiger partial charge in [-0.15, -0.1) is 0 Å². The zero-order valence-corrected chi connectivity index (χ0v) is 15.5. The minimum Gasteiger partial charge on any atom is -0.525 e. The molecule has 2 heteroatoms. The number of ether oxygens (including phenoxy) is 1. The zero-order chi connectivity index (χ0) is 13.5. The predicted molar refractivity (Wildman–Crippen MR) is 76.3 cm³/mol. The van der Waals surface area contributed by atoms with E-state index in [2.05, 4.69) is 60.6 Å². The summed E-state index contributed by atoms with van der Waals surface area (Å²) in [5, 5.41) is 0. The van der Waals surface area contributed by atoms with Crippen molar-refractivity contribution < 1.29 is 37.4 Å². The van der Waals surface area contributed by atoms with E-state index in [9.17, 15) is 0 Å². The minimum atomic E-state index is 0. The molecule has 0 saturated carbocycles. The van der Waals surface area contributed by atoms with E-state index in [4.69, 9.17) is 4.74 Å². The Hall–Kier alpha value is 0.124. The first-order valence-corrected chi connectivity index (χ1v) is 6.06. The van der Waals surface area contributed by atoms with Crippen molar-refractivity contribution in [1.29, 1.82) is 0 Å². The third kappa shape index (κ3) is 10.1. The summed E-state index contributed by atoms with van der Waals surface area (Å²) >= 11 is 0. The van der Waals surface area contributed by atoms with Gasteiger partial charge in [-0.25, -0.2) is 0 Å². The molecule has 0 aliphatic rings. The number of hydrogen-bond donors (Lipinski definition) is 0. The molecule has 0 spiro atoms. The quantitative estimate of drug-likeness (QED) is 0.709. The average molecular weight is 323 g/mol. The maximum absolute atomic E-state index is 5.26. The van der Waals surface area contributed by atoms with Crippen molar-refractivity contribution in [2.45, 2.75) is 47.0 Å². The van der Waals surface area contributed by atoms with Crippen LogP contribution in [0, 0.1) is 12.8 Å². The second-order valence-electron chi connectivity index (χ2n) is 5.62. The summed E-state index contributed by atoms with van der Waals surface area (Å²) in [6, 6.07) is 8.19. The molecule has 0 amide bonds. The van der Waals surface area contributed by atoms with Gasteiger partial charge in [-0.2, -0.15) is 20.8 Å². The van der Waals surface area contributed by atoms with Crippen molar-refractivity contribution in [2.24, 2.45) is 0 Å². The van der Waals surface area contributed by atoms with Gasteiger partial charge in [-0.3, -0.25) is 0 Å². The summed E-state index contributed by atoms with van der Waals surface area (Å²) in [5.41, 5.74) is 1.53. The standard InChI is InChI=1S/C12H17O.C4H9.Y/c1-5-13-11-8-6-10(7-9-11)12(2,3)4;1-4(2)3;/h6-9H,1,5H2,2-4H3;1-3H3;/q2*-1;. The van der Waals surface area contributed by atoms with Crippen LogP contribution in [-0.2, 0) is 38.1 Å². The topological polar surface area (TPSA) is 9.23 Å². The summed E-state index contributed by atoms with van der Waals surface area (Å²) in [6.45, 7) is 17.0. The second kappa shape index (κ2) is 9.98. The Bertz CT molecular complexity index is 293. The largest absolute Gasteiger partial charge is 0.525 e. The molecule has 1 nitrogen and oxygen atoms in total. The van der Waals surface area contributed by atoms with Crippen LogP contribution >= 0.6 is 0 Å². The fourth-order valence-electron chi connectivity index (χ4n) is 1.17. The summed E-state index contributed by atoms with van der Waals surface area (Å²) in [5.74, 6) is 2.31. The molecule has 101 valence electrons. The molecule has 1 aromatic rings. The van der Waals surface area contributed by atoms with Gasteiger partial charge in [-0.1, -0.05) is 32.9 Å². The van der Waals surface area contributed by atoms with E-state index in [1.54, 1.807) is 0 Å². The molecule has 0 N–H and O–H groups in total. The van der Waals surface area contributed by atoms with Crippen LogP contribution in [0.25, 0.3) is 0 Å². The summed E-state index contributed by atoms with van der Waals surface area (Å²) in [7, 11) is 0. The third-order valence-corrected chi connectivity index (χ3v) is 1.99. The predicted octanol–water partition coefficient (Wildman–Crippen LogP) is 4.82. The fourth-order valence-corrected chi connectivity index (χ4v) is 1.17. The Labute approximate surface area is 139 Å². The van der Waals surface area contributed by atoms with Gasteiger partial charge in [0.05, 0.1) is 0 Å². The maximum atomic E-state index is 5.26. The Morgan fingerprint density at radius 1 is 1.06 bits per heavy atom. The van der Waals surface area contributed by atoms with E-state index < -0.39 is 0 Å². The van der Waals surface area contributed by atoms with Gasteiger partial charge < -0.3 is 17.6 Å². The summed E-state index contributed by atoms with van der Waals surface area (Å²) < 4.78 is 5.26. The molecule has 18 heavy (non-hydrogen) atoms. The first kappa shape index (κ1) is 20.4. The molecule has 0 unspecified atom stereocenters. The Kier molecular flexibility index (Phi) is 11.3. The molecule has 0 bridgehead atoms. The van der Waals surface area contributed by atoms with Crippen LogP contribution in [0.2, 0.25) is 0 Å². The molecule has 0 aliphatic carbocycles. The summed E-state index contributed by atoms with van der Waals surface area (Å²) in [6.07, 6.45) is 0. The monoisotopic (exact) mass is 323 g/mol. The first-order chi connectivity index (χ1) is 7.77. The van der Waals surface area contributed by atoms with Crippen molar-refractivity contribution >= 4 is 0 Å². The minimum absolute atomic E-state index is 0. The Morgan fingerprint density at radius 3 is 1.72 bits per heavy atom. The van der Waals surface area contributed by atoms with E-state index in [0.717, 1.165) is 5.75 Å². The van der Waals surface area contributed by atoms with Gasteiger partial charge in [0, 0.05) is 32.7 Å². The van der Waals surface area contributed by atoms with Crippen molar-refractivity contribution in [3.05, 3.63) is 42.7 Å². The van der Waals surface area contributed by atoms with Gasteiger partial charge in [0.15, 0.2) is 0 Å². The molecule has 1 aromatic carbocycles. The first-order valence-electron chi connectivity index (χ1n) is 6.06. The van der Waals surface area contributed by atoms with Crippen molar-refractivity contribution in [3.63, 3.8) is 0 Å². The normalized spacial score (nSPS) is 10.2. The average Bonchev–Trinajstić information content (AvgIpc) is 2.16. The number of rotatable bonds is 2. The summed E-state index contributed by atoms with van der Waals surface area (Å²) in [4.78, 5) is 0. The van der Waals surface area contributed by atoms with E-state index in [-0.39, 0.29) is 38.1 Å². The molecule has 0 fully saturated rings. The van der Waals surface area contributed by atoms with Gasteiger partial charge in [0.2, 0.25) is 0 Å². The van der Waals surface area contributed by atoms with Crippen molar-refractivity contribution in [1.82, 2.24) is 0 Å². The SMILES string of the molecule is C[C-](C)C.[CH2-]COc1ccc(C(C)(C)C)cc1.[Y]. The molecule has 0 saturated heterocycles. The van der Waals surface area contributed by atoms with E-state index >= 15 is 0 Å². The van der Waals surface area contributed by atoms with Crippen LogP contribution in [0.4, 0.5) is 0 Å². The molecular formula is C16H26OY-2. The van der Waals surface area contributed by atoms with Gasteiger partial charge in [0.1, 0.15) is 5.75 Å². The number of hydrogen-bond acceptors (Lipinski definition) is 1. The van der Waals surface area contributed by atoms with Gasteiger partial charge >= 0.3 is 0 Å². The second-order valence-corrected chi connectivity index (χ2v) is 5.62.